The fourth-order valence-electron chi connectivity index (χ4n) is 7.50. The average Bonchev–Trinajstić information content (AvgIpc) is 3.77. The molecule has 0 aliphatic carbocycles. The summed E-state index contributed by atoms with van der Waals surface area (Å²) in [5.74, 6) is -0.614. The number of thioether (sulfide) groups is 1. The number of nitrogens with one attached hydrogen (secondary N) is 1. The lowest BCUT2D eigenvalue weighted by Gasteiger charge is -2.37. The number of allylic oxidation sites excluding steroid dienone is 1. The molecule has 3 amide bonds. The van der Waals surface area contributed by atoms with E-state index in [4.69, 9.17) is 32.9 Å². The lowest BCUT2D eigenvalue weighted by molar-refractivity contribution is -0.142. The first-order valence-electron chi connectivity index (χ1n) is 17.1. The van der Waals surface area contributed by atoms with Crippen LogP contribution in [0.25, 0.3) is 0 Å². The first-order valence-corrected chi connectivity index (χ1v) is 18.6. The summed E-state index contributed by atoms with van der Waals surface area (Å²) in [6, 6.07) is 13.3. The average molecular weight is 745 g/mol. The smallest absolute Gasteiger partial charge is 0.408 e. The first kappa shape index (κ1) is 36.5. The van der Waals surface area contributed by atoms with E-state index in [-0.39, 0.29) is 42.9 Å². The number of aliphatic imine (C=N–C) groups is 1. The summed E-state index contributed by atoms with van der Waals surface area (Å²) in [6.07, 6.45) is -1.09. The SMILES string of the molecule is CC(C)C1=C(C(=O)N2[C@H](C)CC[C@H]2C(=O)N2C[C@@H](F)[C@H](NC(=O)OC(C)(C)C)C2)SC2=N[C@@](C)(c3ccc(Cl)cc3)[C@@H](c3ccc(Cl)cc3)N21. The molecule has 13 heteroatoms. The second-order valence-corrected chi connectivity index (χ2v) is 16.9. The van der Waals surface area contributed by atoms with Crippen LogP contribution in [0, 0.1) is 5.92 Å². The predicted octanol–water partition coefficient (Wildman–Crippen LogP) is 7.69. The van der Waals surface area contributed by atoms with Gasteiger partial charge < -0.3 is 24.8 Å². The van der Waals surface area contributed by atoms with Crippen LogP contribution in [0.5, 0.6) is 0 Å². The van der Waals surface area contributed by atoms with Crippen LogP contribution in [0.1, 0.15) is 78.5 Å². The fourth-order valence-corrected chi connectivity index (χ4v) is 9.10. The normalized spacial score (nSPS) is 28.0. The molecule has 4 aliphatic rings. The van der Waals surface area contributed by atoms with Crippen LogP contribution < -0.4 is 5.32 Å². The van der Waals surface area contributed by atoms with E-state index in [1.54, 1.807) is 25.7 Å². The number of rotatable bonds is 6. The number of nitrogens with zero attached hydrogens (tertiary/aromatic N) is 4. The van der Waals surface area contributed by atoms with E-state index in [0.717, 1.165) is 16.8 Å². The molecule has 2 fully saturated rings. The second kappa shape index (κ2) is 13.7. The fraction of sp³-hybridized carbons (Fsp3) is 0.514. The summed E-state index contributed by atoms with van der Waals surface area (Å²) in [6.45, 7) is 13.2. The van der Waals surface area contributed by atoms with Gasteiger partial charge in [-0.25, -0.2) is 14.2 Å². The molecular weight excluding hydrogens is 700 g/mol. The molecule has 6 atom stereocenters. The Labute approximate surface area is 307 Å². The van der Waals surface area contributed by atoms with Crippen molar-refractivity contribution in [2.24, 2.45) is 10.9 Å². The quantitative estimate of drug-likeness (QED) is 0.326. The minimum atomic E-state index is -1.46. The molecule has 0 aromatic heterocycles. The molecule has 4 aliphatic heterocycles. The molecule has 2 aromatic carbocycles. The zero-order chi connectivity index (χ0) is 36.3. The highest BCUT2D eigenvalue weighted by Crippen LogP contribution is 2.56. The molecule has 6 rings (SSSR count). The number of benzene rings is 2. The number of fused-ring (bicyclic) bond motifs is 1. The van der Waals surface area contributed by atoms with Crippen molar-refractivity contribution >= 4 is 58.0 Å². The predicted molar refractivity (Wildman–Crippen MR) is 196 cm³/mol. The maximum absolute atomic E-state index is 15.1. The molecule has 268 valence electrons. The minimum absolute atomic E-state index is 0.00250. The van der Waals surface area contributed by atoms with Crippen molar-refractivity contribution < 1.29 is 23.5 Å². The number of ether oxygens (including phenoxy) is 1. The van der Waals surface area contributed by atoms with Crippen molar-refractivity contribution in [3.8, 4) is 0 Å². The minimum Gasteiger partial charge on any atom is -0.444 e. The van der Waals surface area contributed by atoms with Crippen molar-refractivity contribution in [3.63, 3.8) is 0 Å². The molecule has 2 aromatic rings. The van der Waals surface area contributed by atoms with Crippen molar-refractivity contribution in [2.75, 3.05) is 13.1 Å². The number of halogens is 3. The molecule has 0 unspecified atom stereocenters. The Kier molecular flexibility index (Phi) is 10.00. The molecule has 0 bridgehead atoms. The van der Waals surface area contributed by atoms with E-state index < -0.39 is 35.5 Å². The van der Waals surface area contributed by atoms with Gasteiger partial charge in [0.1, 0.15) is 28.3 Å². The van der Waals surface area contributed by atoms with Crippen LogP contribution in [0.15, 0.2) is 64.1 Å². The van der Waals surface area contributed by atoms with Crippen LogP contribution in [-0.4, -0.2) is 80.8 Å². The number of hydrogen-bond acceptors (Lipinski definition) is 7. The van der Waals surface area contributed by atoms with E-state index in [9.17, 15) is 14.4 Å². The molecular formula is C37H44Cl2FN5O4S. The Morgan fingerprint density at radius 2 is 1.64 bits per heavy atom. The van der Waals surface area contributed by atoms with Crippen molar-refractivity contribution in [3.05, 3.63) is 80.3 Å². The molecule has 9 nitrogen and oxygen atoms in total. The van der Waals surface area contributed by atoms with E-state index in [0.29, 0.717) is 33.0 Å². The number of alkyl halides is 1. The van der Waals surface area contributed by atoms with E-state index in [1.807, 2.05) is 55.5 Å². The van der Waals surface area contributed by atoms with E-state index in [1.165, 1.54) is 16.7 Å². The Balaban J connectivity index is 1.30. The van der Waals surface area contributed by atoms with Crippen molar-refractivity contribution in [1.29, 1.82) is 0 Å². The molecule has 1 N–H and O–H groups in total. The van der Waals surface area contributed by atoms with Gasteiger partial charge >= 0.3 is 6.09 Å². The van der Waals surface area contributed by atoms with Gasteiger partial charge in [0.05, 0.1) is 18.6 Å². The Bertz CT molecular complexity index is 1730. The number of likely N-dealkylation sites (tertiary alicyclic amines) is 2. The summed E-state index contributed by atoms with van der Waals surface area (Å²) in [7, 11) is 0. The Hall–Kier alpha value is -3.28. The number of hydrogen-bond donors (Lipinski definition) is 1. The second-order valence-electron chi connectivity index (χ2n) is 15.0. The number of alkyl carbamates (subject to hydrolysis) is 1. The van der Waals surface area contributed by atoms with Crippen molar-refractivity contribution in [2.45, 2.75) is 103 Å². The van der Waals surface area contributed by atoms with Crippen LogP contribution in [0.3, 0.4) is 0 Å². The summed E-state index contributed by atoms with van der Waals surface area (Å²) in [5.41, 5.74) is 1.36. The number of carbonyl (C=O) groups excluding carboxylic acids is 3. The largest absolute Gasteiger partial charge is 0.444 e. The molecule has 2 saturated heterocycles. The highest BCUT2D eigenvalue weighted by molar-refractivity contribution is 8.18. The van der Waals surface area contributed by atoms with Gasteiger partial charge in [0.15, 0.2) is 5.17 Å². The van der Waals surface area contributed by atoms with Crippen LogP contribution in [0.4, 0.5) is 9.18 Å². The maximum Gasteiger partial charge on any atom is 0.408 e. The molecule has 50 heavy (non-hydrogen) atoms. The molecule has 4 heterocycles. The van der Waals surface area contributed by atoms with Gasteiger partial charge in [0.2, 0.25) is 5.91 Å². The number of amides is 3. The van der Waals surface area contributed by atoms with Crippen molar-refractivity contribution in [1.82, 2.24) is 20.0 Å². The molecule has 0 saturated carbocycles. The number of carbonyl (C=O) groups is 3. The monoisotopic (exact) mass is 743 g/mol. The highest BCUT2D eigenvalue weighted by Gasteiger charge is 2.54. The summed E-state index contributed by atoms with van der Waals surface area (Å²) >= 11 is 13.9. The maximum atomic E-state index is 15.1. The lowest BCUT2D eigenvalue weighted by Crippen LogP contribution is -2.50. The zero-order valence-corrected chi connectivity index (χ0v) is 31.7. The summed E-state index contributed by atoms with van der Waals surface area (Å²) in [5, 5.41) is 4.54. The molecule has 0 radical (unpaired) electrons. The number of amidine groups is 1. The topological polar surface area (TPSA) is 94.5 Å². The summed E-state index contributed by atoms with van der Waals surface area (Å²) in [4.78, 5) is 52.2. The van der Waals surface area contributed by atoms with Gasteiger partial charge in [-0.3, -0.25) is 9.59 Å². The van der Waals surface area contributed by atoms with Gasteiger partial charge in [0.25, 0.3) is 5.91 Å². The third-order valence-corrected chi connectivity index (χ3v) is 11.4. The third-order valence-electron chi connectivity index (χ3n) is 9.82. The molecule has 0 spiro atoms. The van der Waals surface area contributed by atoms with Gasteiger partial charge in [-0.1, -0.05) is 61.3 Å². The highest BCUT2D eigenvalue weighted by atomic mass is 35.5. The van der Waals surface area contributed by atoms with Gasteiger partial charge in [-0.05, 0) is 101 Å². The Morgan fingerprint density at radius 3 is 2.24 bits per heavy atom. The van der Waals surface area contributed by atoms with Crippen LogP contribution in [0.2, 0.25) is 10.0 Å². The van der Waals surface area contributed by atoms with E-state index in [2.05, 4.69) is 31.0 Å². The Morgan fingerprint density at radius 1 is 1.02 bits per heavy atom. The van der Waals surface area contributed by atoms with Crippen LogP contribution >= 0.6 is 35.0 Å². The third kappa shape index (κ3) is 6.85. The van der Waals surface area contributed by atoms with E-state index >= 15 is 4.39 Å². The van der Waals surface area contributed by atoms with Gasteiger partial charge in [0, 0.05) is 28.3 Å². The lowest BCUT2D eigenvalue weighted by atomic mass is 9.81. The van der Waals surface area contributed by atoms with Gasteiger partial charge in [-0.2, -0.15) is 0 Å². The summed E-state index contributed by atoms with van der Waals surface area (Å²) < 4.78 is 20.4. The standard InChI is InChI=1S/C37H44Cl2FN5O4S/c1-20(2)29-30(50-34-42-37(7,23-11-15-25(39)16-12-23)31(45(29)34)22-9-13-24(38)14-10-22)33(47)44-21(3)8-17-28(44)32(46)43-18-26(40)27(19-43)41-35(48)49-36(4,5)6/h9-16,20-21,26-28,31H,8,17-19H2,1-7H3,(H,41,48)/t21-,26-,27-,28+,31-,37+/m1/s1. The van der Waals surface area contributed by atoms with Crippen LogP contribution in [-0.2, 0) is 19.9 Å². The first-order chi connectivity index (χ1) is 23.5. The van der Waals surface area contributed by atoms with Gasteiger partial charge in [-0.15, -0.1) is 0 Å². The zero-order valence-electron chi connectivity index (χ0n) is 29.4.